The van der Waals surface area contributed by atoms with E-state index in [0.29, 0.717) is 27.8 Å². The number of rotatable bonds is 6. The predicted octanol–water partition coefficient (Wildman–Crippen LogP) is 5.14. The smallest absolute Gasteiger partial charge is 0.398 e. The molecule has 0 heterocycles. The summed E-state index contributed by atoms with van der Waals surface area (Å²) in [7, 11) is 1.16. The summed E-state index contributed by atoms with van der Waals surface area (Å²) < 4.78 is 70.2. The van der Waals surface area contributed by atoms with Crippen molar-refractivity contribution in [1.29, 1.82) is 0 Å². The van der Waals surface area contributed by atoms with Gasteiger partial charge in [-0.1, -0.05) is 13.0 Å². The van der Waals surface area contributed by atoms with Crippen LogP contribution in [0, 0.1) is 11.7 Å². The Bertz CT molecular complexity index is 804. The summed E-state index contributed by atoms with van der Waals surface area (Å²) in [6.45, 7) is 3.22. The van der Waals surface area contributed by atoms with E-state index >= 15 is 0 Å². The fourth-order valence-corrected chi connectivity index (χ4v) is 4.02. The Morgan fingerprint density at radius 2 is 1.96 bits per heavy atom. The van der Waals surface area contributed by atoms with E-state index in [-0.39, 0.29) is 12.1 Å². The van der Waals surface area contributed by atoms with Crippen molar-refractivity contribution in [2.75, 3.05) is 12.9 Å². The van der Waals surface area contributed by atoms with Crippen molar-refractivity contribution in [1.82, 2.24) is 5.32 Å². The molecule has 0 amide bonds. The normalized spacial score (nSPS) is 20.2. The number of halogens is 5. The van der Waals surface area contributed by atoms with Crippen molar-refractivity contribution < 1.29 is 31.5 Å². The molecular formula is C19H20F5NO2S. The van der Waals surface area contributed by atoms with Crippen molar-refractivity contribution in [2.24, 2.45) is 5.92 Å². The minimum atomic E-state index is -4.33. The van der Waals surface area contributed by atoms with E-state index in [1.807, 2.05) is 0 Å². The number of allylic oxidation sites excluding steroid dienone is 2. The lowest BCUT2D eigenvalue weighted by Crippen LogP contribution is -2.38. The number of benzene rings is 1. The van der Waals surface area contributed by atoms with Crippen molar-refractivity contribution in [3.8, 4) is 0 Å². The van der Waals surface area contributed by atoms with E-state index in [0.717, 1.165) is 19.2 Å². The van der Waals surface area contributed by atoms with Gasteiger partial charge in [-0.2, -0.15) is 13.2 Å². The van der Waals surface area contributed by atoms with Crippen LogP contribution in [0.2, 0.25) is 0 Å². The van der Waals surface area contributed by atoms with E-state index < -0.39 is 41.5 Å². The molecule has 1 aromatic carbocycles. The molecule has 3 nitrogen and oxygen atoms in total. The number of alkyl halides is 3. The van der Waals surface area contributed by atoms with Gasteiger partial charge in [0.1, 0.15) is 11.6 Å². The molecule has 28 heavy (non-hydrogen) atoms. The molecule has 2 atom stereocenters. The van der Waals surface area contributed by atoms with Crippen LogP contribution in [0.25, 0.3) is 0 Å². The van der Waals surface area contributed by atoms with Gasteiger partial charge in [-0.3, -0.25) is 0 Å². The SMILES string of the molecule is COC(=O)c1cc(F)ccc1CNC1C(F)=CC(C)=C(SCC(F)(F)F)C1C. The van der Waals surface area contributed by atoms with Crippen LogP contribution in [-0.2, 0) is 11.3 Å². The third-order valence-corrected chi connectivity index (χ3v) is 5.81. The lowest BCUT2D eigenvalue weighted by atomic mass is 9.91. The van der Waals surface area contributed by atoms with Gasteiger partial charge in [-0.15, -0.1) is 11.8 Å². The average Bonchev–Trinajstić information content (AvgIpc) is 2.60. The molecule has 154 valence electrons. The molecular weight excluding hydrogens is 401 g/mol. The minimum absolute atomic E-state index is 0.00115. The maximum absolute atomic E-state index is 14.5. The molecule has 0 spiro atoms. The number of carbonyl (C=O) groups is 1. The minimum Gasteiger partial charge on any atom is -0.465 e. The zero-order chi connectivity index (χ0) is 21.1. The highest BCUT2D eigenvalue weighted by Gasteiger charge is 2.34. The van der Waals surface area contributed by atoms with Crippen LogP contribution in [0.5, 0.6) is 0 Å². The van der Waals surface area contributed by atoms with Crippen molar-refractivity contribution >= 4 is 17.7 Å². The molecule has 0 saturated heterocycles. The third-order valence-electron chi connectivity index (χ3n) is 4.33. The van der Waals surface area contributed by atoms with Crippen molar-refractivity contribution in [3.63, 3.8) is 0 Å². The highest BCUT2D eigenvalue weighted by atomic mass is 32.2. The molecule has 0 radical (unpaired) electrons. The topological polar surface area (TPSA) is 38.3 Å². The number of hydrogen-bond acceptors (Lipinski definition) is 4. The van der Waals surface area contributed by atoms with Crippen LogP contribution in [0.1, 0.15) is 29.8 Å². The molecule has 1 aliphatic carbocycles. The Kier molecular flexibility index (Phi) is 7.28. The molecule has 2 rings (SSSR count). The zero-order valence-corrected chi connectivity index (χ0v) is 16.3. The average molecular weight is 421 g/mol. The molecule has 1 aliphatic rings. The summed E-state index contributed by atoms with van der Waals surface area (Å²) in [4.78, 5) is 12.3. The summed E-state index contributed by atoms with van der Waals surface area (Å²) in [6.07, 6.45) is -3.12. The van der Waals surface area contributed by atoms with E-state index in [2.05, 4.69) is 10.1 Å². The first-order valence-corrected chi connectivity index (χ1v) is 9.39. The largest absolute Gasteiger partial charge is 0.465 e. The van der Waals surface area contributed by atoms with Gasteiger partial charge in [0.15, 0.2) is 0 Å². The van der Waals surface area contributed by atoms with Crippen LogP contribution in [0.4, 0.5) is 22.0 Å². The third kappa shape index (κ3) is 5.57. The van der Waals surface area contributed by atoms with Gasteiger partial charge < -0.3 is 10.1 Å². The first kappa shape index (κ1) is 22.4. The second-order valence-electron chi connectivity index (χ2n) is 6.42. The van der Waals surface area contributed by atoms with E-state index in [1.54, 1.807) is 13.8 Å². The van der Waals surface area contributed by atoms with Gasteiger partial charge in [0.2, 0.25) is 0 Å². The summed E-state index contributed by atoms with van der Waals surface area (Å²) in [5.41, 5.74) is 0.847. The lowest BCUT2D eigenvalue weighted by Gasteiger charge is -2.31. The molecule has 2 unspecified atom stereocenters. The zero-order valence-electron chi connectivity index (χ0n) is 15.5. The number of ether oxygens (including phenoxy) is 1. The van der Waals surface area contributed by atoms with Crippen LogP contribution in [-0.4, -0.2) is 31.1 Å². The van der Waals surface area contributed by atoms with Crippen LogP contribution < -0.4 is 5.32 Å². The van der Waals surface area contributed by atoms with Crippen LogP contribution in [0.15, 0.2) is 40.6 Å². The molecule has 0 aromatic heterocycles. The van der Waals surface area contributed by atoms with Gasteiger partial charge in [0.05, 0.1) is 24.5 Å². The Hall–Kier alpha value is -1.87. The summed E-state index contributed by atoms with van der Waals surface area (Å²) >= 11 is 0.641. The van der Waals surface area contributed by atoms with Gasteiger partial charge in [-0.25, -0.2) is 13.6 Å². The van der Waals surface area contributed by atoms with Gasteiger partial charge in [0.25, 0.3) is 0 Å². The van der Waals surface area contributed by atoms with Gasteiger partial charge in [-0.05, 0) is 41.2 Å². The maximum Gasteiger partial charge on any atom is 0.398 e. The number of nitrogens with one attached hydrogen (secondary N) is 1. The number of hydrogen-bond donors (Lipinski definition) is 1. The molecule has 1 N–H and O–H groups in total. The lowest BCUT2D eigenvalue weighted by molar-refractivity contribution is -0.105. The number of methoxy groups -OCH3 is 1. The van der Waals surface area contributed by atoms with Gasteiger partial charge in [0, 0.05) is 12.5 Å². The second-order valence-corrected chi connectivity index (χ2v) is 7.44. The summed E-state index contributed by atoms with van der Waals surface area (Å²) in [6, 6.07) is 2.70. The monoisotopic (exact) mass is 421 g/mol. The highest BCUT2D eigenvalue weighted by Crippen LogP contribution is 2.39. The van der Waals surface area contributed by atoms with Gasteiger partial charge >= 0.3 is 12.1 Å². The van der Waals surface area contributed by atoms with Crippen molar-refractivity contribution in [2.45, 2.75) is 32.6 Å². The number of esters is 1. The Morgan fingerprint density at radius 3 is 2.57 bits per heavy atom. The van der Waals surface area contributed by atoms with E-state index in [4.69, 9.17) is 0 Å². The van der Waals surface area contributed by atoms with Crippen molar-refractivity contribution in [3.05, 3.63) is 57.5 Å². The number of thioether (sulfide) groups is 1. The summed E-state index contributed by atoms with van der Waals surface area (Å²) in [5.74, 6) is -3.47. The first-order valence-electron chi connectivity index (χ1n) is 8.41. The Balaban J connectivity index is 2.17. The standard InChI is InChI=1S/C19H20F5NO2S/c1-10-6-15(21)16(11(2)17(10)28-9-19(22,23)24)25-8-12-4-5-13(20)7-14(12)18(26)27-3/h4-7,11,16,25H,8-9H2,1-3H3. The van der Waals surface area contributed by atoms with E-state index in [1.165, 1.54) is 12.1 Å². The molecule has 0 fully saturated rings. The molecule has 9 heteroatoms. The van der Waals surface area contributed by atoms with Crippen LogP contribution >= 0.6 is 11.8 Å². The first-order chi connectivity index (χ1) is 13.0. The van der Waals surface area contributed by atoms with Crippen LogP contribution in [0.3, 0.4) is 0 Å². The summed E-state index contributed by atoms with van der Waals surface area (Å²) in [5, 5.41) is 2.92. The molecule has 0 bridgehead atoms. The fourth-order valence-electron chi connectivity index (χ4n) is 3.02. The molecule has 0 aliphatic heterocycles. The highest BCUT2D eigenvalue weighted by molar-refractivity contribution is 8.03. The molecule has 0 saturated carbocycles. The fraction of sp³-hybridized carbons (Fsp3) is 0.421. The predicted molar refractivity (Wildman–Crippen MR) is 97.9 cm³/mol. The second kappa shape index (κ2) is 9.09. The Labute approximate surface area is 164 Å². The molecule has 1 aromatic rings. The maximum atomic E-state index is 14.5. The Morgan fingerprint density at radius 1 is 1.29 bits per heavy atom. The number of carbonyl (C=O) groups excluding carboxylic acids is 1. The quantitative estimate of drug-likeness (QED) is 0.510. The van der Waals surface area contributed by atoms with E-state index in [9.17, 15) is 26.7 Å².